The van der Waals surface area contributed by atoms with Crippen LogP contribution in [-0.4, -0.2) is 27.5 Å². The molecule has 1 aliphatic heterocycles. The van der Waals surface area contributed by atoms with Crippen LogP contribution in [-0.2, 0) is 13.0 Å². The average Bonchev–Trinajstić information content (AvgIpc) is 3.49. The Morgan fingerprint density at radius 1 is 1.09 bits per heavy atom. The van der Waals surface area contributed by atoms with Crippen LogP contribution >= 0.6 is 23.2 Å². The highest BCUT2D eigenvalue weighted by Crippen LogP contribution is 2.34. The second kappa shape index (κ2) is 9.25. The highest BCUT2D eigenvalue weighted by atomic mass is 35.5. The number of ether oxygens (including phenoxy) is 1. The first-order chi connectivity index (χ1) is 16.1. The molecule has 0 saturated carbocycles. The zero-order chi connectivity index (χ0) is 22.8. The van der Waals surface area contributed by atoms with Crippen LogP contribution in [0.4, 0.5) is 0 Å². The number of hydrogen-bond donors (Lipinski definition) is 1. The number of halogens is 2. The van der Waals surface area contributed by atoms with Gasteiger partial charge in [-0.15, -0.1) is 5.10 Å². The van der Waals surface area contributed by atoms with E-state index in [1.807, 2.05) is 48.5 Å². The average molecular weight is 479 g/mol. The first kappa shape index (κ1) is 21.5. The van der Waals surface area contributed by atoms with E-state index in [0.29, 0.717) is 34.5 Å². The topological polar surface area (TPSA) is 69.0 Å². The maximum atomic E-state index is 13.4. The van der Waals surface area contributed by atoms with E-state index in [0.717, 1.165) is 28.9 Å². The molecule has 1 atom stereocenters. The second-order valence-electron chi connectivity index (χ2n) is 7.80. The summed E-state index contributed by atoms with van der Waals surface area (Å²) in [4.78, 5) is 13.4. The van der Waals surface area contributed by atoms with E-state index < -0.39 is 6.04 Å². The van der Waals surface area contributed by atoms with Gasteiger partial charge in [-0.1, -0.05) is 64.8 Å². The summed E-state index contributed by atoms with van der Waals surface area (Å²) in [5.74, 6) is 0.555. The number of benzene rings is 3. The Hall–Kier alpha value is -3.35. The third-order valence-electron chi connectivity index (χ3n) is 5.62. The molecule has 8 heteroatoms. The lowest BCUT2D eigenvalue weighted by Crippen LogP contribution is -2.31. The van der Waals surface area contributed by atoms with Gasteiger partial charge in [0, 0.05) is 16.5 Å². The van der Waals surface area contributed by atoms with Gasteiger partial charge in [0.25, 0.3) is 5.91 Å². The fraction of sp³-hybridized carbons (Fsp3) is 0.160. The van der Waals surface area contributed by atoms with E-state index in [4.69, 9.17) is 27.9 Å². The third kappa shape index (κ3) is 4.58. The van der Waals surface area contributed by atoms with Gasteiger partial charge in [-0.05, 0) is 52.6 Å². The molecule has 5 rings (SSSR count). The Bertz CT molecular complexity index is 1310. The van der Waals surface area contributed by atoms with Crippen LogP contribution < -0.4 is 10.1 Å². The maximum Gasteiger partial charge on any atom is 0.272 e. The van der Waals surface area contributed by atoms with Crippen LogP contribution in [0.3, 0.4) is 0 Å². The summed E-state index contributed by atoms with van der Waals surface area (Å²) in [6.45, 7) is 1.08. The normalized spacial score (nSPS) is 13.3. The molecule has 166 valence electrons. The Kier molecular flexibility index (Phi) is 6.03. The van der Waals surface area contributed by atoms with E-state index in [1.165, 1.54) is 6.20 Å². The monoisotopic (exact) mass is 478 g/mol. The Labute approximate surface area is 201 Å². The molecule has 0 saturated heterocycles. The fourth-order valence-corrected chi connectivity index (χ4v) is 4.38. The zero-order valence-electron chi connectivity index (χ0n) is 17.5. The second-order valence-corrected chi connectivity index (χ2v) is 8.64. The highest BCUT2D eigenvalue weighted by Gasteiger charge is 2.25. The van der Waals surface area contributed by atoms with Crippen molar-refractivity contribution in [2.24, 2.45) is 0 Å². The van der Waals surface area contributed by atoms with Crippen molar-refractivity contribution in [2.45, 2.75) is 19.0 Å². The van der Waals surface area contributed by atoms with Gasteiger partial charge in [0.1, 0.15) is 11.4 Å². The van der Waals surface area contributed by atoms with E-state index in [-0.39, 0.29) is 5.91 Å². The van der Waals surface area contributed by atoms with Gasteiger partial charge >= 0.3 is 0 Å². The minimum Gasteiger partial charge on any atom is -0.493 e. The van der Waals surface area contributed by atoms with Crippen molar-refractivity contribution >= 4 is 29.1 Å². The number of aromatic nitrogens is 3. The Balaban J connectivity index is 1.49. The van der Waals surface area contributed by atoms with E-state index in [1.54, 1.807) is 22.9 Å². The van der Waals surface area contributed by atoms with E-state index in [2.05, 4.69) is 15.6 Å². The standard InChI is InChI=1S/C25H20Cl2N4O2/c26-19-7-8-21(27)20(13-19)24(18-6-9-23-17(12-18)10-11-33-23)29-25(32)22-14-28-30-31(22)15-16-4-2-1-3-5-16/h1-9,12-14,24H,10-11,15H2,(H,29,32). The van der Waals surface area contributed by atoms with Gasteiger partial charge < -0.3 is 10.1 Å². The molecule has 1 amide bonds. The molecule has 0 spiro atoms. The van der Waals surface area contributed by atoms with Gasteiger partial charge in [-0.3, -0.25) is 4.79 Å². The number of carbonyl (C=O) groups is 1. The zero-order valence-corrected chi connectivity index (χ0v) is 19.1. The molecule has 0 radical (unpaired) electrons. The number of amides is 1. The predicted octanol–water partition coefficient (Wildman–Crippen LogP) is 5.09. The van der Waals surface area contributed by atoms with Crippen molar-refractivity contribution in [1.82, 2.24) is 20.3 Å². The SMILES string of the molecule is O=C(NC(c1ccc2c(c1)CCO2)c1cc(Cl)ccc1Cl)c1cnnn1Cc1ccccc1. The number of nitrogens with one attached hydrogen (secondary N) is 1. The fourth-order valence-electron chi connectivity index (χ4n) is 3.97. The van der Waals surface area contributed by atoms with Crippen molar-refractivity contribution < 1.29 is 9.53 Å². The van der Waals surface area contributed by atoms with Crippen molar-refractivity contribution in [3.63, 3.8) is 0 Å². The van der Waals surface area contributed by atoms with Crippen LogP contribution in [0.2, 0.25) is 10.0 Å². The molecule has 1 aliphatic rings. The molecule has 0 fully saturated rings. The van der Waals surface area contributed by atoms with Crippen molar-refractivity contribution in [1.29, 1.82) is 0 Å². The summed E-state index contributed by atoms with van der Waals surface area (Å²) in [5, 5.41) is 12.2. The molecule has 4 aromatic rings. The first-order valence-corrected chi connectivity index (χ1v) is 11.3. The molecule has 6 nitrogen and oxygen atoms in total. The van der Waals surface area contributed by atoms with Crippen LogP contribution in [0.25, 0.3) is 0 Å². The summed E-state index contributed by atoms with van der Waals surface area (Å²) in [6.07, 6.45) is 2.28. The third-order valence-corrected chi connectivity index (χ3v) is 6.20. The molecule has 1 unspecified atom stereocenters. The highest BCUT2D eigenvalue weighted by molar-refractivity contribution is 6.33. The van der Waals surface area contributed by atoms with E-state index >= 15 is 0 Å². The van der Waals surface area contributed by atoms with Crippen molar-refractivity contribution in [2.75, 3.05) is 6.61 Å². The summed E-state index contributed by atoms with van der Waals surface area (Å²) in [7, 11) is 0. The van der Waals surface area contributed by atoms with Crippen molar-refractivity contribution in [3.8, 4) is 5.75 Å². The number of carbonyl (C=O) groups excluding carboxylic acids is 1. The molecule has 33 heavy (non-hydrogen) atoms. The molecule has 1 N–H and O–H groups in total. The van der Waals surface area contributed by atoms with Gasteiger partial charge in [0.15, 0.2) is 0 Å². The minimum absolute atomic E-state index is 0.311. The Morgan fingerprint density at radius 3 is 2.79 bits per heavy atom. The van der Waals surface area contributed by atoms with Gasteiger partial charge in [-0.25, -0.2) is 4.68 Å². The van der Waals surface area contributed by atoms with Crippen LogP contribution in [0.5, 0.6) is 5.75 Å². The summed E-state index contributed by atoms with van der Waals surface area (Å²) in [5.41, 5.74) is 4.06. The van der Waals surface area contributed by atoms with Crippen LogP contribution in [0.1, 0.15) is 38.8 Å². The largest absolute Gasteiger partial charge is 0.493 e. The molecule has 3 aromatic carbocycles. The molecule has 0 aliphatic carbocycles. The van der Waals surface area contributed by atoms with Crippen LogP contribution in [0.15, 0.2) is 72.9 Å². The molecular weight excluding hydrogens is 459 g/mol. The van der Waals surface area contributed by atoms with Gasteiger partial charge in [0.05, 0.1) is 25.4 Å². The quantitative estimate of drug-likeness (QED) is 0.419. The first-order valence-electron chi connectivity index (χ1n) is 10.5. The minimum atomic E-state index is -0.519. The number of hydrogen-bond acceptors (Lipinski definition) is 4. The van der Waals surface area contributed by atoms with Gasteiger partial charge in [-0.2, -0.15) is 0 Å². The summed E-state index contributed by atoms with van der Waals surface area (Å²) < 4.78 is 7.22. The number of nitrogens with zero attached hydrogens (tertiary/aromatic N) is 3. The lowest BCUT2D eigenvalue weighted by Gasteiger charge is -2.22. The molecule has 0 bridgehead atoms. The number of fused-ring (bicyclic) bond motifs is 1. The smallest absolute Gasteiger partial charge is 0.272 e. The Morgan fingerprint density at radius 2 is 1.94 bits per heavy atom. The lowest BCUT2D eigenvalue weighted by molar-refractivity contribution is 0.0932. The van der Waals surface area contributed by atoms with Crippen LogP contribution in [0, 0.1) is 0 Å². The number of rotatable bonds is 6. The molecule has 2 heterocycles. The maximum absolute atomic E-state index is 13.4. The van der Waals surface area contributed by atoms with Gasteiger partial charge in [0.2, 0.25) is 0 Å². The van der Waals surface area contributed by atoms with E-state index in [9.17, 15) is 4.79 Å². The molecule has 1 aromatic heterocycles. The van der Waals surface area contributed by atoms with Crippen molar-refractivity contribution in [3.05, 3.63) is 111 Å². The lowest BCUT2D eigenvalue weighted by atomic mass is 9.96. The summed E-state index contributed by atoms with van der Waals surface area (Å²) >= 11 is 12.8. The predicted molar refractivity (Wildman–Crippen MR) is 127 cm³/mol. The summed E-state index contributed by atoms with van der Waals surface area (Å²) in [6, 6.07) is 20.4. The molecular formula is C25H20Cl2N4O2.